The summed E-state index contributed by atoms with van der Waals surface area (Å²) in [5.74, 6) is 0.380. The lowest BCUT2D eigenvalue weighted by Gasteiger charge is -2.19. The molecule has 0 aromatic heterocycles. The fourth-order valence-corrected chi connectivity index (χ4v) is 1.05. The minimum absolute atomic E-state index is 0.0135. The Hall–Kier alpha value is -1.06. The third kappa shape index (κ3) is 6.97. The van der Waals surface area contributed by atoms with E-state index in [0.29, 0.717) is 18.9 Å². The molecule has 0 fully saturated rings. The van der Waals surface area contributed by atoms with E-state index in [-0.39, 0.29) is 17.9 Å². The lowest BCUT2D eigenvalue weighted by atomic mass is 9.96. The Bertz CT molecular complexity index is 267. The molecule has 0 aromatic rings. The van der Waals surface area contributed by atoms with Gasteiger partial charge in [0.15, 0.2) is 0 Å². The molecule has 100 valence electrons. The van der Waals surface area contributed by atoms with Gasteiger partial charge in [0.25, 0.3) is 0 Å². The van der Waals surface area contributed by atoms with Gasteiger partial charge in [-0.05, 0) is 12.8 Å². The van der Waals surface area contributed by atoms with E-state index in [9.17, 15) is 9.59 Å². The Morgan fingerprint density at radius 3 is 2.06 bits per heavy atom. The molecule has 0 aliphatic carbocycles. The highest BCUT2D eigenvalue weighted by atomic mass is 16.2. The second-order valence-corrected chi connectivity index (χ2v) is 5.86. The number of carbonyl (C=O) groups excluding carboxylic acids is 2. The van der Waals surface area contributed by atoms with Crippen molar-refractivity contribution in [3.05, 3.63) is 0 Å². The van der Waals surface area contributed by atoms with Crippen LogP contribution in [0.1, 0.15) is 48.0 Å². The van der Waals surface area contributed by atoms with Gasteiger partial charge in [-0.1, -0.05) is 34.6 Å². The number of carbonyl (C=O) groups is 2. The van der Waals surface area contributed by atoms with Crippen molar-refractivity contribution in [1.29, 1.82) is 0 Å². The van der Waals surface area contributed by atoms with Crippen LogP contribution in [0.5, 0.6) is 0 Å². The monoisotopic (exact) mass is 242 g/mol. The van der Waals surface area contributed by atoms with Gasteiger partial charge in [-0.2, -0.15) is 0 Å². The molecule has 0 bridgehead atoms. The lowest BCUT2D eigenvalue weighted by Crippen LogP contribution is -2.40. The van der Waals surface area contributed by atoms with E-state index in [0.717, 1.165) is 0 Å². The quantitative estimate of drug-likeness (QED) is 0.771. The highest BCUT2D eigenvalue weighted by Crippen LogP contribution is 2.12. The second kappa shape index (κ2) is 6.62. The molecule has 1 atom stereocenters. The zero-order chi connectivity index (χ0) is 13.6. The highest BCUT2D eigenvalue weighted by Gasteiger charge is 2.20. The van der Waals surface area contributed by atoms with Crippen molar-refractivity contribution in [2.45, 2.75) is 54.0 Å². The summed E-state index contributed by atoms with van der Waals surface area (Å²) >= 11 is 0. The van der Waals surface area contributed by atoms with Crippen LogP contribution in [0.3, 0.4) is 0 Å². The van der Waals surface area contributed by atoms with Crippen LogP contribution in [0.2, 0.25) is 0 Å². The van der Waals surface area contributed by atoms with E-state index in [2.05, 4.69) is 24.5 Å². The molecular formula is C13H26N2O2. The minimum atomic E-state index is -0.401. The summed E-state index contributed by atoms with van der Waals surface area (Å²) in [5, 5.41) is 5.66. The molecule has 4 nitrogen and oxygen atoms in total. The predicted octanol–water partition coefficient (Wildman–Crippen LogP) is 1.70. The largest absolute Gasteiger partial charge is 0.355 e. The summed E-state index contributed by atoms with van der Waals surface area (Å²) in [5.41, 5.74) is -0.401. The molecule has 17 heavy (non-hydrogen) atoms. The molecule has 0 rings (SSSR count). The van der Waals surface area contributed by atoms with Crippen molar-refractivity contribution >= 4 is 11.8 Å². The van der Waals surface area contributed by atoms with Gasteiger partial charge in [0.05, 0.1) is 0 Å². The molecule has 0 spiro atoms. The zero-order valence-corrected chi connectivity index (χ0v) is 11.9. The van der Waals surface area contributed by atoms with E-state index in [4.69, 9.17) is 0 Å². The van der Waals surface area contributed by atoms with Crippen LogP contribution in [0.15, 0.2) is 0 Å². The van der Waals surface area contributed by atoms with Gasteiger partial charge < -0.3 is 10.6 Å². The predicted molar refractivity (Wildman–Crippen MR) is 69.5 cm³/mol. The van der Waals surface area contributed by atoms with Crippen LogP contribution in [0.25, 0.3) is 0 Å². The zero-order valence-electron chi connectivity index (χ0n) is 11.9. The molecule has 0 saturated carbocycles. The first-order valence-electron chi connectivity index (χ1n) is 6.22. The van der Waals surface area contributed by atoms with Crippen LogP contribution in [0.4, 0.5) is 0 Å². The van der Waals surface area contributed by atoms with Gasteiger partial charge in [0.2, 0.25) is 11.8 Å². The van der Waals surface area contributed by atoms with Crippen molar-refractivity contribution in [2.75, 3.05) is 6.54 Å². The summed E-state index contributed by atoms with van der Waals surface area (Å²) in [6.07, 6.45) is 0.332. The fourth-order valence-electron chi connectivity index (χ4n) is 1.05. The van der Waals surface area contributed by atoms with Crippen molar-refractivity contribution in [1.82, 2.24) is 10.6 Å². The maximum absolute atomic E-state index is 11.5. The van der Waals surface area contributed by atoms with Gasteiger partial charge in [-0.3, -0.25) is 9.59 Å². The van der Waals surface area contributed by atoms with Crippen LogP contribution < -0.4 is 10.6 Å². The molecule has 0 saturated heterocycles. The normalized spacial score (nSPS) is 13.4. The summed E-state index contributed by atoms with van der Waals surface area (Å²) in [4.78, 5) is 23.1. The van der Waals surface area contributed by atoms with Crippen LogP contribution >= 0.6 is 0 Å². The Balaban J connectivity index is 3.84. The van der Waals surface area contributed by atoms with Gasteiger partial charge in [-0.25, -0.2) is 0 Å². The lowest BCUT2D eigenvalue weighted by molar-refractivity contribution is -0.128. The standard InChI is InChI=1S/C13H26N2O2/c1-9(2)10(3)15-11(16)7-8-14-12(17)13(4,5)6/h9-10H,7-8H2,1-6H3,(H,14,17)(H,15,16). The molecule has 1 unspecified atom stereocenters. The SMILES string of the molecule is CC(C)C(C)NC(=O)CCNC(=O)C(C)(C)C. The summed E-state index contributed by atoms with van der Waals surface area (Å²) in [7, 11) is 0. The van der Waals surface area contributed by atoms with Gasteiger partial charge >= 0.3 is 0 Å². The van der Waals surface area contributed by atoms with E-state index in [1.54, 1.807) is 0 Å². The maximum atomic E-state index is 11.5. The van der Waals surface area contributed by atoms with Gasteiger partial charge in [0.1, 0.15) is 0 Å². The first-order chi connectivity index (χ1) is 7.64. The Morgan fingerprint density at radius 1 is 1.12 bits per heavy atom. The molecule has 0 aliphatic heterocycles. The maximum Gasteiger partial charge on any atom is 0.225 e. The molecule has 0 heterocycles. The summed E-state index contributed by atoms with van der Waals surface area (Å²) in [6, 6.07) is 0.167. The Morgan fingerprint density at radius 2 is 1.65 bits per heavy atom. The van der Waals surface area contributed by atoms with Crippen LogP contribution in [-0.4, -0.2) is 24.4 Å². The van der Waals surface area contributed by atoms with Crippen molar-refractivity contribution in [3.63, 3.8) is 0 Å². The first-order valence-corrected chi connectivity index (χ1v) is 6.22. The average molecular weight is 242 g/mol. The Labute approximate surface area is 105 Å². The number of amides is 2. The molecule has 0 aromatic carbocycles. The van der Waals surface area contributed by atoms with E-state index >= 15 is 0 Å². The number of hydrogen-bond donors (Lipinski definition) is 2. The molecule has 4 heteroatoms. The van der Waals surface area contributed by atoms with Crippen LogP contribution in [0, 0.1) is 11.3 Å². The van der Waals surface area contributed by atoms with E-state index in [1.807, 2.05) is 27.7 Å². The molecule has 0 aliphatic rings. The third-order valence-electron chi connectivity index (χ3n) is 2.71. The topological polar surface area (TPSA) is 58.2 Å². The number of hydrogen-bond acceptors (Lipinski definition) is 2. The van der Waals surface area contributed by atoms with Gasteiger partial charge in [0, 0.05) is 24.4 Å². The highest BCUT2D eigenvalue weighted by molar-refractivity contribution is 5.82. The smallest absolute Gasteiger partial charge is 0.225 e. The molecule has 0 radical (unpaired) electrons. The van der Waals surface area contributed by atoms with Crippen molar-refractivity contribution in [2.24, 2.45) is 11.3 Å². The van der Waals surface area contributed by atoms with E-state index in [1.165, 1.54) is 0 Å². The van der Waals surface area contributed by atoms with Crippen LogP contribution in [-0.2, 0) is 9.59 Å². The van der Waals surface area contributed by atoms with Crippen molar-refractivity contribution < 1.29 is 9.59 Å². The van der Waals surface area contributed by atoms with E-state index < -0.39 is 5.41 Å². The third-order valence-corrected chi connectivity index (χ3v) is 2.71. The molecule has 2 amide bonds. The average Bonchev–Trinajstić information content (AvgIpc) is 2.15. The molecular weight excluding hydrogens is 216 g/mol. The summed E-state index contributed by atoms with van der Waals surface area (Å²) < 4.78 is 0. The summed E-state index contributed by atoms with van der Waals surface area (Å²) in [6.45, 7) is 12.1. The van der Waals surface area contributed by atoms with Gasteiger partial charge in [-0.15, -0.1) is 0 Å². The number of nitrogens with one attached hydrogen (secondary N) is 2. The Kier molecular flexibility index (Phi) is 6.21. The number of rotatable bonds is 5. The molecule has 2 N–H and O–H groups in total. The fraction of sp³-hybridized carbons (Fsp3) is 0.846. The minimum Gasteiger partial charge on any atom is -0.355 e. The van der Waals surface area contributed by atoms with Crippen molar-refractivity contribution in [3.8, 4) is 0 Å². The first kappa shape index (κ1) is 15.9. The second-order valence-electron chi connectivity index (χ2n) is 5.86.